The fraction of sp³-hybridized carbons (Fsp3) is 0.500. The number of hydrogen-bond acceptors (Lipinski definition) is 4. The predicted molar refractivity (Wildman–Crippen MR) is 125 cm³/mol. The van der Waals surface area contributed by atoms with Crippen LogP contribution < -0.4 is 4.90 Å². The lowest BCUT2D eigenvalue weighted by molar-refractivity contribution is 0.0607. The van der Waals surface area contributed by atoms with Crippen molar-refractivity contribution in [2.24, 2.45) is 5.92 Å². The molecule has 1 aliphatic heterocycles. The van der Waals surface area contributed by atoms with Crippen LogP contribution in [0, 0.1) is 5.92 Å². The third kappa shape index (κ3) is 5.21. The molecule has 1 aromatic carbocycles. The number of halogens is 1. The smallest absolute Gasteiger partial charge is 0.293 e. The number of amides is 2. The van der Waals surface area contributed by atoms with Gasteiger partial charge in [-0.15, -0.1) is 0 Å². The summed E-state index contributed by atoms with van der Waals surface area (Å²) in [5.74, 6) is 0.738. The van der Waals surface area contributed by atoms with Gasteiger partial charge in [-0.2, -0.15) is 0 Å². The number of nitrogens with zero attached hydrogens (tertiary/aromatic N) is 3. The number of carbonyl (C=O) groups is 2. The van der Waals surface area contributed by atoms with Crippen LogP contribution in [0.15, 0.2) is 45.5 Å². The Kier molecular flexibility index (Phi) is 7.13. The average Bonchev–Trinajstić information content (AvgIpc) is 3.25. The maximum absolute atomic E-state index is 13.3. The third-order valence-electron chi connectivity index (χ3n) is 6.49. The van der Waals surface area contributed by atoms with Crippen LogP contribution >= 0.6 is 15.9 Å². The molecule has 1 saturated carbocycles. The van der Waals surface area contributed by atoms with Crippen molar-refractivity contribution in [3.05, 3.63) is 52.4 Å². The summed E-state index contributed by atoms with van der Waals surface area (Å²) in [6, 6.07) is 10.6. The second-order valence-electron chi connectivity index (χ2n) is 8.58. The molecule has 0 radical (unpaired) electrons. The molecule has 2 amide bonds. The molecule has 0 bridgehead atoms. The Morgan fingerprint density at radius 2 is 1.74 bits per heavy atom. The molecule has 2 fully saturated rings. The first-order valence-corrected chi connectivity index (χ1v) is 12.0. The number of carbonyl (C=O) groups excluding carboxylic acids is 2. The zero-order valence-corrected chi connectivity index (χ0v) is 19.6. The zero-order chi connectivity index (χ0) is 21.8. The average molecular weight is 488 g/mol. The molecule has 2 aliphatic rings. The van der Waals surface area contributed by atoms with Gasteiger partial charge in [-0.3, -0.25) is 14.5 Å². The van der Waals surface area contributed by atoms with E-state index in [-0.39, 0.29) is 17.6 Å². The number of benzene rings is 1. The van der Waals surface area contributed by atoms with Gasteiger partial charge in [-0.05, 0) is 59.0 Å². The van der Waals surface area contributed by atoms with Crippen LogP contribution in [0.2, 0.25) is 0 Å². The van der Waals surface area contributed by atoms with E-state index in [0.29, 0.717) is 15.9 Å². The fourth-order valence-corrected chi connectivity index (χ4v) is 5.00. The first-order valence-electron chi connectivity index (χ1n) is 11.2. The molecule has 0 unspecified atom stereocenters. The molecule has 0 spiro atoms. The van der Waals surface area contributed by atoms with E-state index in [0.717, 1.165) is 38.6 Å². The largest absolute Gasteiger partial charge is 0.444 e. The summed E-state index contributed by atoms with van der Waals surface area (Å²) in [7, 11) is 1.67. The van der Waals surface area contributed by atoms with Crippen LogP contribution in [0.3, 0.4) is 0 Å². The quantitative estimate of drug-likeness (QED) is 0.615. The number of hydrogen-bond donors (Lipinski definition) is 0. The highest BCUT2D eigenvalue weighted by molar-refractivity contribution is 9.10. The maximum Gasteiger partial charge on any atom is 0.293 e. The van der Waals surface area contributed by atoms with Crippen LogP contribution in [-0.4, -0.2) is 61.4 Å². The molecule has 4 rings (SSSR count). The number of furan rings is 1. The lowest BCUT2D eigenvalue weighted by atomic mass is 9.89. The molecule has 2 heterocycles. The predicted octanol–water partition coefficient (Wildman–Crippen LogP) is 4.66. The summed E-state index contributed by atoms with van der Waals surface area (Å²) in [6.45, 7) is 4.44. The van der Waals surface area contributed by atoms with Gasteiger partial charge >= 0.3 is 0 Å². The van der Waals surface area contributed by atoms with Crippen LogP contribution in [-0.2, 0) is 0 Å². The Balaban J connectivity index is 1.40. The Labute approximate surface area is 192 Å². The number of para-hydroxylation sites is 1. The molecule has 1 aromatic heterocycles. The summed E-state index contributed by atoms with van der Waals surface area (Å²) in [6.07, 6.45) is 6.80. The van der Waals surface area contributed by atoms with Crippen molar-refractivity contribution in [2.75, 3.05) is 44.7 Å². The van der Waals surface area contributed by atoms with Gasteiger partial charge in [0, 0.05) is 39.8 Å². The van der Waals surface area contributed by atoms with Gasteiger partial charge in [-0.1, -0.05) is 31.4 Å². The monoisotopic (exact) mass is 487 g/mol. The van der Waals surface area contributed by atoms with E-state index in [1.807, 2.05) is 23.1 Å². The van der Waals surface area contributed by atoms with Crippen molar-refractivity contribution in [3.8, 4) is 0 Å². The van der Waals surface area contributed by atoms with E-state index >= 15 is 0 Å². The van der Waals surface area contributed by atoms with Crippen molar-refractivity contribution in [1.82, 2.24) is 9.80 Å². The minimum atomic E-state index is -0.289. The Bertz CT molecular complexity index is 914. The normalized spacial score (nSPS) is 18.2. The van der Waals surface area contributed by atoms with Gasteiger partial charge in [0.15, 0.2) is 10.4 Å². The molecular weight excluding hydrogens is 458 g/mol. The molecule has 0 atom stereocenters. The van der Waals surface area contributed by atoms with Crippen LogP contribution in [0.1, 0.15) is 53.0 Å². The molecule has 6 nitrogen and oxygen atoms in total. The topological polar surface area (TPSA) is 57.0 Å². The van der Waals surface area contributed by atoms with Crippen molar-refractivity contribution >= 4 is 33.4 Å². The summed E-state index contributed by atoms with van der Waals surface area (Å²) in [5, 5.41) is 0. The Morgan fingerprint density at radius 1 is 1.03 bits per heavy atom. The fourth-order valence-electron chi connectivity index (χ4n) is 4.69. The number of piperazine rings is 1. The van der Waals surface area contributed by atoms with E-state index < -0.39 is 0 Å². The highest BCUT2D eigenvalue weighted by atomic mass is 79.9. The first kappa shape index (κ1) is 22.1. The minimum absolute atomic E-state index is 0.0202. The van der Waals surface area contributed by atoms with Crippen molar-refractivity contribution in [3.63, 3.8) is 0 Å². The molecular formula is C24H30BrN3O3. The molecule has 7 heteroatoms. The molecule has 1 saturated heterocycles. The Morgan fingerprint density at radius 3 is 2.42 bits per heavy atom. The first-order chi connectivity index (χ1) is 15.0. The van der Waals surface area contributed by atoms with Gasteiger partial charge in [-0.25, -0.2) is 0 Å². The van der Waals surface area contributed by atoms with E-state index in [1.165, 1.54) is 37.0 Å². The van der Waals surface area contributed by atoms with Gasteiger partial charge < -0.3 is 14.2 Å². The third-order valence-corrected chi connectivity index (χ3v) is 6.91. The lowest BCUT2D eigenvalue weighted by Gasteiger charge is -2.37. The van der Waals surface area contributed by atoms with E-state index in [9.17, 15) is 9.59 Å². The summed E-state index contributed by atoms with van der Waals surface area (Å²) < 4.78 is 5.90. The second-order valence-corrected chi connectivity index (χ2v) is 9.36. The summed E-state index contributed by atoms with van der Waals surface area (Å²) >= 11 is 3.23. The molecule has 0 N–H and O–H groups in total. The summed E-state index contributed by atoms with van der Waals surface area (Å²) in [4.78, 5) is 32.1. The highest BCUT2D eigenvalue weighted by Gasteiger charge is 2.28. The van der Waals surface area contributed by atoms with Crippen LogP contribution in [0.4, 0.5) is 5.69 Å². The van der Waals surface area contributed by atoms with E-state index in [1.54, 1.807) is 25.2 Å². The van der Waals surface area contributed by atoms with Gasteiger partial charge in [0.25, 0.3) is 11.8 Å². The van der Waals surface area contributed by atoms with Gasteiger partial charge in [0.1, 0.15) is 0 Å². The van der Waals surface area contributed by atoms with Crippen molar-refractivity contribution < 1.29 is 14.0 Å². The summed E-state index contributed by atoms with van der Waals surface area (Å²) in [5.41, 5.74) is 1.14. The zero-order valence-electron chi connectivity index (χ0n) is 18.1. The minimum Gasteiger partial charge on any atom is -0.444 e. The highest BCUT2D eigenvalue weighted by Crippen LogP contribution is 2.26. The van der Waals surface area contributed by atoms with E-state index in [4.69, 9.17) is 4.42 Å². The molecule has 1 aliphatic carbocycles. The van der Waals surface area contributed by atoms with E-state index in [2.05, 4.69) is 20.8 Å². The van der Waals surface area contributed by atoms with Crippen molar-refractivity contribution in [2.45, 2.75) is 32.1 Å². The maximum atomic E-state index is 13.3. The SMILES string of the molecule is CN(C(=O)c1ccc(Br)o1)c1ccccc1C(=O)N1CCN(CC2CCCCC2)CC1. The van der Waals surface area contributed by atoms with Crippen LogP contribution in [0.5, 0.6) is 0 Å². The molecule has 31 heavy (non-hydrogen) atoms. The van der Waals surface area contributed by atoms with Crippen LogP contribution in [0.25, 0.3) is 0 Å². The van der Waals surface area contributed by atoms with Gasteiger partial charge in [0.05, 0.1) is 11.3 Å². The Hall–Kier alpha value is -2.12. The van der Waals surface area contributed by atoms with Crippen molar-refractivity contribution in [1.29, 1.82) is 0 Å². The number of rotatable bonds is 5. The standard InChI is InChI=1S/C24H30BrN3O3/c1-26(24(30)21-11-12-22(25)31-21)20-10-6-5-9-19(20)23(29)28-15-13-27(14-16-28)17-18-7-3-2-4-8-18/h5-6,9-12,18H,2-4,7-8,13-17H2,1H3. The number of anilines is 1. The molecule has 2 aromatic rings. The lowest BCUT2D eigenvalue weighted by Crippen LogP contribution is -2.50. The second kappa shape index (κ2) is 10.0. The molecule has 166 valence electrons. The van der Waals surface area contributed by atoms with Gasteiger partial charge in [0.2, 0.25) is 0 Å².